The van der Waals surface area contributed by atoms with Crippen LogP contribution in [0, 0.1) is 5.92 Å². The van der Waals surface area contributed by atoms with Gasteiger partial charge >= 0.3 is 0 Å². The Morgan fingerprint density at radius 3 is 3.04 bits per heavy atom. The summed E-state index contributed by atoms with van der Waals surface area (Å²) in [5.74, 6) is 1.49. The van der Waals surface area contributed by atoms with Crippen molar-refractivity contribution in [3.63, 3.8) is 0 Å². The van der Waals surface area contributed by atoms with Gasteiger partial charge < -0.3 is 10.1 Å². The number of fused-ring (bicyclic) bond motifs is 1. The Kier molecular flexibility index (Phi) is 3.53. The fourth-order valence-corrected chi connectivity index (χ4v) is 2.87. The van der Waals surface area contributed by atoms with Gasteiger partial charge in [0.25, 0.3) is 5.91 Å². The lowest BCUT2D eigenvalue weighted by Crippen LogP contribution is -2.45. The molecular formula is C17H20N4O2. The molecule has 0 saturated heterocycles. The summed E-state index contributed by atoms with van der Waals surface area (Å²) in [5.41, 5.74) is 2.33. The summed E-state index contributed by atoms with van der Waals surface area (Å²) < 4.78 is 7.08. The van der Waals surface area contributed by atoms with Gasteiger partial charge in [-0.3, -0.25) is 10.1 Å². The number of aromatic nitrogens is 2. The molecular weight excluding hydrogens is 292 g/mol. The average Bonchev–Trinajstić information content (AvgIpc) is 3.30. The van der Waals surface area contributed by atoms with E-state index in [4.69, 9.17) is 4.74 Å². The van der Waals surface area contributed by atoms with E-state index in [0.717, 1.165) is 29.5 Å². The predicted molar refractivity (Wildman–Crippen MR) is 86.3 cm³/mol. The Morgan fingerprint density at radius 1 is 1.39 bits per heavy atom. The van der Waals surface area contributed by atoms with Crippen LogP contribution in [-0.4, -0.2) is 35.9 Å². The summed E-state index contributed by atoms with van der Waals surface area (Å²) in [5, 5.41) is 11.1. The molecule has 2 N–H and O–H groups in total. The van der Waals surface area contributed by atoms with Gasteiger partial charge in [0.05, 0.1) is 19.3 Å². The second-order valence-corrected chi connectivity index (χ2v) is 6.17. The van der Waals surface area contributed by atoms with Crippen LogP contribution in [-0.2, 0) is 0 Å². The fourth-order valence-electron chi connectivity index (χ4n) is 2.87. The standard InChI is InChI=1S/C17H20N4O2/c1-23-13-4-2-3-12(7-13)14-8-15-17(22)19-10-16(21(15)20-14)18-9-11-5-6-11/h2-4,7-8,11,16,18H,5-6,9-10H2,1H3,(H,19,22)/t16-/m1/s1. The molecule has 6 nitrogen and oxygen atoms in total. The van der Waals surface area contributed by atoms with Crippen LogP contribution in [0.1, 0.15) is 29.5 Å². The number of nitrogens with one attached hydrogen (secondary N) is 2. The average molecular weight is 312 g/mol. The normalized spacial score (nSPS) is 20.0. The van der Waals surface area contributed by atoms with Crippen molar-refractivity contribution < 1.29 is 9.53 Å². The molecule has 1 aliphatic heterocycles. The van der Waals surface area contributed by atoms with Gasteiger partial charge in [-0.1, -0.05) is 12.1 Å². The third kappa shape index (κ3) is 2.82. The van der Waals surface area contributed by atoms with Crippen LogP contribution < -0.4 is 15.4 Å². The smallest absolute Gasteiger partial charge is 0.269 e. The van der Waals surface area contributed by atoms with Crippen LogP contribution in [0.15, 0.2) is 30.3 Å². The number of hydrogen-bond acceptors (Lipinski definition) is 4. The highest BCUT2D eigenvalue weighted by Crippen LogP contribution is 2.29. The van der Waals surface area contributed by atoms with Gasteiger partial charge in [0.15, 0.2) is 0 Å². The summed E-state index contributed by atoms with van der Waals surface area (Å²) in [6.07, 6.45) is 2.61. The van der Waals surface area contributed by atoms with Gasteiger partial charge in [-0.25, -0.2) is 4.68 Å². The number of ether oxygens (including phenoxy) is 1. The van der Waals surface area contributed by atoms with Crippen molar-refractivity contribution >= 4 is 5.91 Å². The lowest BCUT2D eigenvalue weighted by atomic mass is 10.1. The second-order valence-electron chi connectivity index (χ2n) is 6.17. The first-order valence-electron chi connectivity index (χ1n) is 8.00. The van der Waals surface area contributed by atoms with Gasteiger partial charge in [0, 0.05) is 5.56 Å². The number of carbonyl (C=O) groups is 1. The van der Waals surface area contributed by atoms with E-state index in [1.165, 1.54) is 12.8 Å². The van der Waals surface area contributed by atoms with Crippen molar-refractivity contribution in [2.45, 2.75) is 19.0 Å². The topological polar surface area (TPSA) is 68.2 Å². The number of methoxy groups -OCH3 is 1. The molecule has 1 fully saturated rings. The molecule has 2 aliphatic rings. The van der Waals surface area contributed by atoms with Crippen LogP contribution in [0.3, 0.4) is 0 Å². The van der Waals surface area contributed by atoms with Crippen molar-refractivity contribution in [1.29, 1.82) is 0 Å². The highest BCUT2D eigenvalue weighted by atomic mass is 16.5. The SMILES string of the molecule is COc1cccc(-c2cc3n(n2)[C@@H](NCC2CC2)CNC3=O)c1. The van der Waals surface area contributed by atoms with Gasteiger partial charge in [-0.2, -0.15) is 5.10 Å². The number of amides is 1. The quantitative estimate of drug-likeness (QED) is 0.883. The minimum atomic E-state index is -0.0730. The molecule has 4 rings (SSSR count). The van der Waals surface area contributed by atoms with Crippen LogP contribution >= 0.6 is 0 Å². The van der Waals surface area contributed by atoms with Crippen LogP contribution in [0.25, 0.3) is 11.3 Å². The second kappa shape index (κ2) is 5.70. The van der Waals surface area contributed by atoms with Crippen molar-refractivity contribution in [2.75, 3.05) is 20.2 Å². The minimum Gasteiger partial charge on any atom is -0.497 e. The summed E-state index contributed by atoms with van der Waals surface area (Å²) >= 11 is 0. The summed E-state index contributed by atoms with van der Waals surface area (Å²) in [6.45, 7) is 1.55. The highest BCUT2D eigenvalue weighted by Gasteiger charge is 2.29. The summed E-state index contributed by atoms with van der Waals surface area (Å²) in [7, 11) is 1.64. The molecule has 1 saturated carbocycles. The van der Waals surface area contributed by atoms with Crippen molar-refractivity contribution in [3.05, 3.63) is 36.0 Å². The van der Waals surface area contributed by atoms with Gasteiger partial charge in [0.1, 0.15) is 17.6 Å². The number of benzene rings is 1. The molecule has 120 valence electrons. The maximum atomic E-state index is 12.1. The molecule has 1 atom stereocenters. The highest BCUT2D eigenvalue weighted by molar-refractivity contribution is 5.94. The zero-order valence-electron chi connectivity index (χ0n) is 13.1. The Balaban J connectivity index is 1.64. The molecule has 0 bridgehead atoms. The first-order valence-corrected chi connectivity index (χ1v) is 8.00. The van der Waals surface area contributed by atoms with Crippen molar-refractivity contribution in [1.82, 2.24) is 20.4 Å². The third-order valence-corrected chi connectivity index (χ3v) is 4.42. The number of carbonyl (C=O) groups excluding carboxylic acids is 1. The van der Waals surface area contributed by atoms with E-state index in [1.807, 2.05) is 35.0 Å². The largest absolute Gasteiger partial charge is 0.497 e. The predicted octanol–water partition coefficient (Wildman–Crippen LogP) is 1.80. The zero-order chi connectivity index (χ0) is 15.8. The summed E-state index contributed by atoms with van der Waals surface area (Å²) in [4.78, 5) is 12.1. The molecule has 1 aromatic heterocycles. The lowest BCUT2D eigenvalue weighted by Gasteiger charge is -2.25. The Hall–Kier alpha value is -2.34. The van der Waals surface area contributed by atoms with Gasteiger partial charge in [-0.15, -0.1) is 0 Å². The first-order chi connectivity index (χ1) is 11.2. The molecule has 1 amide bonds. The van der Waals surface area contributed by atoms with Crippen LogP contribution in [0.5, 0.6) is 5.75 Å². The molecule has 1 aliphatic carbocycles. The summed E-state index contributed by atoms with van der Waals surface area (Å²) in [6, 6.07) is 9.57. The van der Waals surface area contributed by atoms with E-state index in [1.54, 1.807) is 7.11 Å². The van der Waals surface area contributed by atoms with E-state index in [2.05, 4.69) is 15.7 Å². The van der Waals surface area contributed by atoms with E-state index >= 15 is 0 Å². The van der Waals surface area contributed by atoms with E-state index in [0.29, 0.717) is 12.2 Å². The monoisotopic (exact) mass is 312 g/mol. The number of nitrogens with zero attached hydrogens (tertiary/aromatic N) is 2. The molecule has 2 aromatic rings. The Labute approximate surface area is 134 Å². The maximum absolute atomic E-state index is 12.1. The zero-order valence-corrected chi connectivity index (χ0v) is 13.1. The van der Waals surface area contributed by atoms with Gasteiger partial charge in [-0.05, 0) is 43.5 Å². The van der Waals surface area contributed by atoms with E-state index < -0.39 is 0 Å². The molecule has 0 unspecified atom stereocenters. The number of hydrogen-bond donors (Lipinski definition) is 2. The third-order valence-electron chi connectivity index (χ3n) is 4.42. The molecule has 6 heteroatoms. The molecule has 1 aromatic carbocycles. The van der Waals surface area contributed by atoms with Gasteiger partial charge in [0.2, 0.25) is 0 Å². The lowest BCUT2D eigenvalue weighted by molar-refractivity contribution is 0.0900. The van der Waals surface area contributed by atoms with Crippen LogP contribution in [0.4, 0.5) is 0 Å². The Morgan fingerprint density at radius 2 is 2.26 bits per heavy atom. The van der Waals surface area contributed by atoms with Crippen LogP contribution in [0.2, 0.25) is 0 Å². The van der Waals surface area contributed by atoms with E-state index in [9.17, 15) is 4.79 Å². The molecule has 0 radical (unpaired) electrons. The molecule has 2 heterocycles. The first kappa shape index (κ1) is 14.3. The van der Waals surface area contributed by atoms with Crippen molar-refractivity contribution in [2.24, 2.45) is 5.92 Å². The maximum Gasteiger partial charge on any atom is 0.269 e. The van der Waals surface area contributed by atoms with Crippen molar-refractivity contribution in [3.8, 4) is 17.0 Å². The van der Waals surface area contributed by atoms with E-state index in [-0.39, 0.29) is 12.1 Å². The Bertz CT molecular complexity index is 736. The fraction of sp³-hybridized carbons (Fsp3) is 0.412. The molecule has 23 heavy (non-hydrogen) atoms. The number of rotatable bonds is 5. The minimum absolute atomic E-state index is 0.0163. The molecule has 0 spiro atoms.